The minimum Gasteiger partial charge on any atom is -0.484 e. The van der Waals surface area contributed by atoms with Crippen LogP contribution in [0.2, 0.25) is 0 Å². The van der Waals surface area contributed by atoms with Crippen LogP contribution in [0.1, 0.15) is 18.4 Å². The SMILES string of the molecule is CS(=O)(=O)N(CC(=O)N/N=C\c1ccc(OCC(=O)NC[C@H]2CCCO2)cc1)c1ccc(Br)cc1. The van der Waals surface area contributed by atoms with Crippen molar-refractivity contribution in [2.45, 2.75) is 18.9 Å². The third-order valence-corrected chi connectivity index (χ3v) is 6.68. The first-order valence-electron chi connectivity index (χ1n) is 10.9. The average Bonchev–Trinajstić information content (AvgIpc) is 3.34. The lowest BCUT2D eigenvalue weighted by molar-refractivity contribution is -0.123. The van der Waals surface area contributed by atoms with Crippen LogP contribution in [0.3, 0.4) is 0 Å². The van der Waals surface area contributed by atoms with E-state index < -0.39 is 22.5 Å². The molecule has 12 heteroatoms. The maximum Gasteiger partial charge on any atom is 0.260 e. The van der Waals surface area contributed by atoms with E-state index in [0.29, 0.717) is 23.5 Å². The Morgan fingerprint density at radius 1 is 1.17 bits per heavy atom. The summed E-state index contributed by atoms with van der Waals surface area (Å²) >= 11 is 3.29. The number of halogens is 1. The Hall–Kier alpha value is -2.96. The van der Waals surface area contributed by atoms with Crippen molar-refractivity contribution in [3.63, 3.8) is 0 Å². The highest BCUT2D eigenvalue weighted by atomic mass is 79.9. The molecule has 1 saturated heterocycles. The molecule has 35 heavy (non-hydrogen) atoms. The van der Waals surface area contributed by atoms with Crippen LogP contribution in [-0.2, 0) is 24.3 Å². The molecule has 0 bridgehead atoms. The zero-order valence-corrected chi connectivity index (χ0v) is 21.5. The standard InChI is InChI=1S/C23H27BrN4O6S/c1-35(31,32)28(19-8-6-18(24)7-9-19)15-22(29)27-26-13-17-4-10-20(11-5-17)34-16-23(30)25-14-21-3-2-12-33-21/h4-11,13,21H,2-3,12,14-16H2,1H3,(H,25,30)(H,27,29)/b26-13-/t21-/m1/s1. The van der Waals surface area contributed by atoms with Crippen molar-refractivity contribution in [3.05, 3.63) is 58.6 Å². The second-order valence-corrected chi connectivity index (χ2v) is 10.7. The van der Waals surface area contributed by atoms with Crippen molar-refractivity contribution in [2.75, 3.05) is 36.9 Å². The molecule has 0 saturated carbocycles. The number of hydrogen-bond acceptors (Lipinski definition) is 7. The van der Waals surface area contributed by atoms with Crippen LogP contribution in [0.15, 0.2) is 58.1 Å². The molecule has 2 aromatic rings. The molecule has 0 radical (unpaired) electrons. The van der Waals surface area contributed by atoms with Crippen LogP contribution < -0.4 is 19.8 Å². The minimum atomic E-state index is -3.67. The van der Waals surface area contributed by atoms with Crippen LogP contribution in [-0.4, -0.2) is 65.1 Å². The van der Waals surface area contributed by atoms with Gasteiger partial charge < -0.3 is 14.8 Å². The van der Waals surface area contributed by atoms with Crippen molar-refractivity contribution < 1.29 is 27.5 Å². The number of nitrogens with zero attached hydrogens (tertiary/aromatic N) is 2. The van der Waals surface area contributed by atoms with Crippen LogP contribution in [0.25, 0.3) is 0 Å². The monoisotopic (exact) mass is 566 g/mol. The average molecular weight is 567 g/mol. The molecule has 1 heterocycles. The van der Waals surface area contributed by atoms with Gasteiger partial charge in [-0.1, -0.05) is 15.9 Å². The molecule has 2 aromatic carbocycles. The largest absolute Gasteiger partial charge is 0.484 e. The second kappa shape index (κ2) is 12.7. The number of rotatable bonds is 11. The van der Waals surface area contributed by atoms with E-state index in [9.17, 15) is 18.0 Å². The maximum absolute atomic E-state index is 12.3. The first-order valence-corrected chi connectivity index (χ1v) is 13.5. The molecule has 10 nitrogen and oxygen atoms in total. The summed E-state index contributed by atoms with van der Waals surface area (Å²) in [5.41, 5.74) is 3.37. The van der Waals surface area contributed by atoms with Gasteiger partial charge in [-0.2, -0.15) is 5.10 Å². The Labute approximate surface area is 212 Å². The number of hydrogen-bond donors (Lipinski definition) is 2. The summed E-state index contributed by atoms with van der Waals surface area (Å²) in [5.74, 6) is -0.305. The van der Waals surface area contributed by atoms with Gasteiger partial charge in [0.25, 0.3) is 11.8 Å². The predicted molar refractivity (Wildman–Crippen MR) is 136 cm³/mol. The highest BCUT2D eigenvalue weighted by Crippen LogP contribution is 2.20. The summed E-state index contributed by atoms with van der Waals surface area (Å²) in [5, 5.41) is 6.67. The molecule has 0 aliphatic carbocycles. The van der Waals surface area contributed by atoms with E-state index >= 15 is 0 Å². The van der Waals surface area contributed by atoms with Crippen LogP contribution in [0.4, 0.5) is 5.69 Å². The Balaban J connectivity index is 1.44. The lowest BCUT2D eigenvalue weighted by Gasteiger charge is -2.21. The predicted octanol–water partition coefficient (Wildman–Crippen LogP) is 2.04. The van der Waals surface area contributed by atoms with E-state index in [4.69, 9.17) is 9.47 Å². The van der Waals surface area contributed by atoms with Gasteiger partial charge >= 0.3 is 0 Å². The van der Waals surface area contributed by atoms with E-state index in [1.165, 1.54) is 6.21 Å². The number of ether oxygens (including phenoxy) is 2. The highest BCUT2D eigenvalue weighted by Gasteiger charge is 2.20. The van der Waals surface area contributed by atoms with Gasteiger partial charge in [0.15, 0.2) is 6.61 Å². The van der Waals surface area contributed by atoms with Crippen molar-refractivity contribution >= 4 is 49.7 Å². The fraction of sp³-hybridized carbons (Fsp3) is 0.348. The van der Waals surface area contributed by atoms with Crippen molar-refractivity contribution in [1.82, 2.24) is 10.7 Å². The number of sulfonamides is 1. The topological polar surface area (TPSA) is 126 Å². The molecule has 1 aliphatic heterocycles. The lowest BCUT2D eigenvalue weighted by atomic mass is 10.2. The van der Waals surface area contributed by atoms with Gasteiger partial charge in [-0.15, -0.1) is 0 Å². The molecule has 0 unspecified atom stereocenters. The number of nitrogens with one attached hydrogen (secondary N) is 2. The van der Waals surface area contributed by atoms with Crippen molar-refractivity contribution in [1.29, 1.82) is 0 Å². The molecule has 2 N–H and O–H groups in total. The molecule has 2 amide bonds. The van der Waals surface area contributed by atoms with Gasteiger partial charge in [-0.3, -0.25) is 13.9 Å². The molecule has 0 spiro atoms. The van der Waals surface area contributed by atoms with Crippen LogP contribution in [0, 0.1) is 0 Å². The first kappa shape index (κ1) is 26.6. The first-order chi connectivity index (χ1) is 16.7. The van der Waals surface area contributed by atoms with E-state index in [0.717, 1.165) is 34.5 Å². The quantitative estimate of drug-likeness (QED) is 0.316. The summed E-state index contributed by atoms with van der Waals surface area (Å²) < 4.78 is 37.0. The van der Waals surface area contributed by atoms with Gasteiger partial charge in [-0.25, -0.2) is 13.8 Å². The van der Waals surface area contributed by atoms with E-state index in [2.05, 4.69) is 31.8 Å². The van der Waals surface area contributed by atoms with Crippen LogP contribution >= 0.6 is 15.9 Å². The molecule has 1 atom stereocenters. The number of hydrazone groups is 1. The summed E-state index contributed by atoms with van der Waals surface area (Å²) in [6.07, 6.45) is 4.49. The number of carbonyl (C=O) groups excluding carboxylic acids is 2. The van der Waals surface area contributed by atoms with Crippen molar-refractivity contribution in [3.8, 4) is 5.75 Å². The fourth-order valence-corrected chi connectivity index (χ4v) is 4.36. The molecule has 3 rings (SSSR count). The molecule has 1 aliphatic rings. The number of anilines is 1. The second-order valence-electron chi connectivity index (χ2n) is 7.84. The zero-order chi connectivity index (χ0) is 25.3. The Kier molecular flexibility index (Phi) is 9.64. The summed E-state index contributed by atoms with van der Waals surface area (Å²) in [4.78, 5) is 24.2. The molecule has 188 valence electrons. The normalized spacial score (nSPS) is 15.7. The third kappa shape index (κ3) is 8.96. The Morgan fingerprint density at radius 3 is 2.51 bits per heavy atom. The van der Waals surface area contributed by atoms with E-state index in [1.807, 2.05) is 0 Å². The molecular formula is C23H27BrN4O6S. The lowest BCUT2D eigenvalue weighted by Crippen LogP contribution is -2.39. The Bertz CT molecular complexity index is 1130. The number of amides is 2. The van der Waals surface area contributed by atoms with Gasteiger partial charge in [0.2, 0.25) is 10.0 Å². The smallest absolute Gasteiger partial charge is 0.260 e. The maximum atomic E-state index is 12.3. The summed E-state index contributed by atoms with van der Waals surface area (Å²) in [7, 11) is -3.67. The highest BCUT2D eigenvalue weighted by molar-refractivity contribution is 9.10. The minimum absolute atomic E-state index is 0.0771. The van der Waals surface area contributed by atoms with Gasteiger partial charge in [0.1, 0.15) is 12.3 Å². The summed E-state index contributed by atoms with van der Waals surface area (Å²) in [6.45, 7) is 0.695. The van der Waals surface area contributed by atoms with Crippen LogP contribution in [0.5, 0.6) is 5.75 Å². The molecule has 1 fully saturated rings. The zero-order valence-electron chi connectivity index (χ0n) is 19.1. The van der Waals surface area contributed by atoms with Gasteiger partial charge in [-0.05, 0) is 66.9 Å². The Morgan fingerprint density at radius 2 is 1.89 bits per heavy atom. The van der Waals surface area contributed by atoms with Gasteiger partial charge in [0.05, 0.1) is 24.3 Å². The molecule has 0 aromatic heterocycles. The summed E-state index contributed by atoms with van der Waals surface area (Å²) in [6, 6.07) is 13.3. The number of carbonyl (C=O) groups is 2. The van der Waals surface area contributed by atoms with E-state index in [1.54, 1.807) is 48.5 Å². The molecular weight excluding hydrogens is 540 g/mol. The van der Waals surface area contributed by atoms with Gasteiger partial charge in [0, 0.05) is 17.6 Å². The van der Waals surface area contributed by atoms with E-state index in [-0.39, 0.29) is 18.6 Å². The third-order valence-electron chi connectivity index (χ3n) is 5.01. The number of benzene rings is 2. The van der Waals surface area contributed by atoms with Crippen molar-refractivity contribution in [2.24, 2.45) is 5.10 Å². The fourth-order valence-electron chi connectivity index (χ4n) is 3.23.